The third kappa shape index (κ3) is 5.67. The van der Waals surface area contributed by atoms with Crippen LogP contribution in [0.2, 0.25) is 0 Å². The summed E-state index contributed by atoms with van der Waals surface area (Å²) in [4.78, 5) is 25.5. The van der Waals surface area contributed by atoms with Crippen LogP contribution in [0.1, 0.15) is 41.1 Å². The van der Waals surface area contributed by atoms with Crippen LogP contribution >= 0.6 is 0 Å². The summed E-state index contributed by atoms with van der Waals surface area (Å²) in [5.41, 5.74) is 19.5. The molecule has 0 bridgehead atoms. The van der Waals surface area contributed by atoms with E-state index in [-0.39, 0.29) is 48.0 Å². The highest BCUT2D eigenvalue weighted by Crippen LogP contribution is 2.34. The van der Waals surface area contributed by atoms with Crippen LogP contribution in [0, 0.1) is 5.92 Å². The maximum absolute atomic E-state index is 13.4. The third-order valence-electron chi connectivity index (χ3n) is 7.11. The number of hydrogen-bond donors (Lipinski definition) is 4. The highest BCUT2D eigenvalue weighted by atomic mass is 19.4. The number of alkyl halides is 3. The van der Waals surface area contributed by atoms with Gasteiger partial charge in [0.25, 0.3) is 5.91 Å². The number of carbonyl (C=O) groups excluding carboxylic acids is 1. The van der Waals surface area contributed by atoms with E-state index in [1.165, 1.54) is 11.9 Å². The largest absolute Gasteiger partial charge is 0.438 e. The minimum Gasteiger partial charge on any atom is -0.438 e. The summed E-state index contributed by atoms with van der Waals surface area (Å²) in [6.45, 7) is 1.75. The van der Waals surface area contributed by atoms with Crippen LogP contribution < -0.4 is 22.5 Å². The molecule has 2 saturated heterocycles. The van der Waals surface area contributed by atoms with Crippen molar-refractivity contribution in [1.29, 1.82) is 0 Å². The standard InChI is InChI=1S/C24H33F3N8O2/c1-31-22(35-11-15(24(25,26)27)8-16(29)12-35)17(9-28)33-23(36)19-20-18(37-21(19)30)7-14(10-32-20)13-3-5-34(2)6-4-13/h7,9-10,13,15-16H,3-6,8,11-12,28-30H2,1-2H3,(H,33,36)/t15-,16?/m1/s1. The number of carbonyl (C=O) groups is 1. The fourth-order valence-corrected chi connectivity index (χ4v) is 5.13. The number of rotatable bonds is 4. The first-order chi connectivity index (χ1) is 17.5. The summed E-state index contributed by atoms with van der Waals surface area (Å²) < 4.78 is 45.9. The quantitative estimate of drug-likeness (QED) is 0.351. The molecule has 2 aliphatic heterocycles. The van der Waals surface area contributed by atoms with E-state index >= 15 is 0 Å². The van der Waals surface area contributed by atoms with Gasteiger partial charge in [-0.25, -0.2) is 0 Å². The first-order valence-corrected chi connectivity index (χ1v) is 12.2. The number of nitrogens with two attached hydrogens (primary N) is 3. The highest BCUT2D eigenvalue weighted by molar-refractivity contribution is 6.12. The van der Waals surface area contributed by atoms with Crippen molar-refractivity contribution < 1.29 is 22.4 Å². The van der Waals surface area contributed by atoms with Crippen molar-refractivity contribution in [2.75, 3.05) is 46.0 Å². The Kier molecular flexibility index (Phi) is 7.64. The Bertz CT molecular complexity index is 1200. The van der Waals surface area contributed by atoms with Gasteiger partial charge in [0.2, 0.25) is 5.88 Å². The fourth-order valence-electron chi connectivity index (χ4n) is 5.13. The Balaban J connectivity index is 1.55. The van der Waals surface area contributed by atoms with E-state index in [2.05, 4.69) is 27.2 Å². The van der Waals surface area contributed by atoms with Crippen molar-refractivity contribution in [1.82, 2.24) is 20.1 Å². The number of piperidine rings is 2. The van der Waals surface area contributed by atoms with Crippen LogP contribution in [-0.2, 0) is 0 Å². The van der Waals surface area contributed by atoms with Crippen LogP contribution in [0.3, 0.4) is 0 Å². The van der Waals surface area contributed by atoms with Gasteiger partial charge in [-0.05, 0) is 56.9 Å². The van der Waals surface area contributed by atoms with Crippen molar-refractivity contribution >= 4 is 28.7 Å². The number of pyridine rings is 1. The Morgan fingerprint density at radius 1 is 1.30 bits per heavy atom. The number of aliphatic imine (C=N–C) groups is 1. The number of hydrogen-bond acceptors (Lipinski definition) is 8. The average Bonchev–Trinajstić information content (AvgIpc) is 3.18. The van der Waals surface area contributed by atoms with Crippen molar-refractivity contribution in [2.45, 2.75) is 37.4 Å². The topological polar surface area (TPSA) is 152 Å². The Labute approximate surface area is 212 Å². The lowest BCUT2D eigenvalue weighted by Crippen LogP contribution is -2.54. The van der Waals surface area contributed by atoms with E-state index in [1.54, 1.807) is 6.20 Å². The molecule has 13 heteroatoms. The first kappa shape index (κ1) is 26.7. The van der Waals surface area contributed by atoms with Gasteiger partial charge in [0.15, 0.2) is 5.58 Å². The van der Waals surface area contributed by atoms with Crippen molar-refractivity contribution in [3.05, 3.63) is 35.3 Å². The minimum absolute atomic E-state index is 0.0169. The Morgan fingerprint density at radius 3 is 2.62 bits per heavy atom. The molecule has 0 spiro atoms. The second-order valence-corrected chi connectivity index (χ2v) is 9.76. The molecule has 2 aromatic heterocycles. The number of nitrogens with one attached hydrogen (secondary N) is 1. The summed E-state index contributed by atoms with van der Waals surface area (Å²) in [7, 11) is 3.49. The molecule has 0 aliphatic carbocycles. The molecule has 4 heterocycles. The summed E-state index contributed by atoms with van der Waals surface area (Å²) >= 11 is 0. The van der Waals surface area contributed by atoms with Gasteiger partial charge < -0.3 is 36.7 Å². The molecule has 1 unspecified atom stereocenters. The zero-order valence-electron chi connectivity index (χ0n) is 20.9. The molecule has 0 saturated carbocycles. The van der Waals surface area contributed by atoms with Gasteiger partial charge in [-0.2, -0.15) is 13.2 Å². The molecule has 0 radical (unpaired) electrons. The molecule has 1 amide bonds. The number of furan rings is 1. The first-order valence-electron chi connectivity index (χ1n) is 12.2. The summed E-state index contributed by atoms with van der Waals surface area (Å²) in [5.74, 6) is -1.99. The maximum atomic E-state index is 13.4. The van der Waals surface area contributed by atoms with Gasteiger partial charge in [0, 0.05) is 38.6 Å². The van der Waals surface area contributed by atoms with Gasteiger partial charge >= 0.3 is 6.18 Å². The number of anilines is 1. The lowest BCUT2D eigenvalue weighted by molar-refractivity contribution is -0.184. The molecule has 2 atom stereocenters. The number of fused-ring (bicyclic) bond motifs is 1. The predicted octanol–water partition coefficient (Wildman–Crippen LogP) is 1.99. The van der Waals surface area contributed by atoms with E-state index < -0.39 is 24.0 Å². The maximum Gasteiger partial charge on any atom is 0.393 e. The fraction of sp³-hybridized carbons (Fsp3) is 0.542. The molecule has 37 heavy (non-hydrogen) atoms. The monoisotopic (exact) mass is 522 g/mol. The average molecular weight is 523 g/mol. The number of amides is 1. The van der Waals surface area contributed by atoms with Gasteiger partial charge in [-0.15, -0.1) is 0 Å². The molecular weight excluding hydrogens is 489 g/mol. The zero-order valence-corrected chi connectivity index (χ0v) is 20.9. The Morgan fingerprint density at radius 2 is 2.00 bits per heavy atom. The van der Waals surface area contributed by atoms with Crippen LogP contribution in [0.5, 0.6) is 0 Å². The van der Waals surface area contributed by atoms with Crippen LogP contribution in [-0.4, -0.2) is 79.0 Å². The predicted molar refractivity (Wildman–Crippen MR) is 135 cm³/mol. The molecule has 2 aliphatic rings. The number of amidine groups is 1. The van der Waals surface area contributed by atoms with Gasteiger partial charge in [0.1, 0.15) is 16.9 Å². The lowest BCUT2D eigenvalue weighted by Gasteiger charge is -2.39. The molecule has 7 N–H and O–H groups in total. The molecule has 4 rings (SSSR count). The molecule has 202 valence electrons. The van der Waals surface area contributed by atoms with Gasteiger partial charge in [-0.1, -0.05) is 0 Å². The number of halogens is 3. The third-order valence-corrected chi connectivity index (χ3v) is 7.11. The van der Waals surface area contributed by atoms with Gasteiger partial charge in [-0.3, -0.25) is 14.8 Å². The molecular formula is C24H33F3N8O2. The van der Waals surface area contributed by atoms with E-state index in [0.29, 0.717) is 11.5 Å². The van der Waals surface area contributed by atoms with E-state index in [1.807, 2.05) is 6.07 Å². The second kappa shape index (κ2) is 10.6. The Hall–Kier alpha value is -3.32. The summed E-state index contributed by atoms with van der Waals surface area (Å²) in [6, 6.07) is 1.14. The van der Waals surface area contributed by atoms with Crippen molar-refractivity contribution in [2.24, 2.45) is 22.4 Å². The smallest absolute Gasteiger partial charge is 0.393 e. The van der Waals surface area contributed by atoms with Crippen LogP contribution in [0.4, 0.5) is 19.1 Å². The van der Waals surface area contributed by atoms with Crippen molar-refractivity contribution in [3.63, 3.8) is 0 Å². The van der Waals surface area contributed by atoms with Gasteiger partial charge in [0.05, 0.1) is 11.6 Å². The number of aromatic nitrogens is 1. The SMILES string of the molecule is CN=C(C(=CN)NC(=O)c1c(N)oc2cc(C3CCN(C)CC3)cnc12)N1CC(N)C[C@@H](C(F)(F)F)C1. The van der Waals surface area contributed by atoms with E-state index in [4.69, 9.17) is 21.6 Å². The summed E-state index contributed by atoms with van der Waals surface area (Å²) in [5, 5.41) is 2.62. The number of nitrogens with zero attached hydrogens (tertiary/aromatic N) is 4. The zero-order chi connectivity index (χ0) is 26.9. The normalized spacial score (nSPS) is 23.0. The highest BCUT2D eigenvalue weighted by Gasteiger charge is 2.44. The van der Waals surface area contributed by atoms with Crippen molar-refractivity contribution in [3.8, 4) is 0 Å². The lowest BCUT2D eigenvalue weighted by atomic mass is 9.90. The van der Waals surface area contributed by atoms with E-state index in [0.717, 1.165) is 37.7 Å². The van der Waals surface area contributed by atoms with E-state index in [9.17, 15) is 18.0 Å². The summed E-state index contributed by atoms with van der Waals surface area (Å²) in [6.07, 6.45) is 0.196. The second-order valence-electron chi connectivity index (χ2n) is 9.76. The minimum atomic E-state index is -4.41. The van der Waals surface area contributed by atoms with Crippen LogP contribution in [0.15, 0.2) is 33.6 Å². The molecule has 10 nitrogen and oxygen atoms in total. The molecule has 2 fully saturated rings. The number of nitrogen functional groups attached to an aromatic ring is 1. The van der Waals surface area contributed by atoms with Crippen LogP contribution in [0.25, 0.3) is 11.1 Å². The number of likely N-dealkylation sites (tertiary alicyclic amines) is 2. The molecule has 0 aromatic carbocycles. The molecule has 2 aromatic rings.